The third kappa shape index (κ3) is 2.41. The van der Waals surface area contributed by atoms with E-state index in [-0.39, 0.29) is 5.92 Å². The van der Waals surface area contributed by atoms with E-state index in [1.165, 1.54) is 0 Å². The minimum atomic E-state index is -0.682. The van der Waals surface area contributed by atoms with Gasteiger partial charge in [0.15, 0.2) is 0 Å². The molecule has 0 saturated carbocycles. The van der Waals surface area contributed by atoms with Crippen molar-refractivity contribution in [1.29, 1.82) is 0 Å². The van der Waals surface area contributed by atoms with Crippen LogP contribution in [-0.2, 0) is 17.9 Å². The molecule has 1 aliphatic heterocycles. The summed E-state index contributed by atoms with van der Waals surface area (Å²) in [7, 11) is 0. The Morgan fingerprint density at radius 1 is 1.62 bits per heavy atom. The van der Waals surface area contributed by atoms with Crippen LogP contribution in [-0.4, -0.2) is 38.8 Å². The van der Waals surface area contributed by atoms with Gasteiger partial charge in [-0.2, -0.15) is 5.10 Å². The van der Waals surface area contributed by atoms with Gasteiger partial charge in [0.2, 0.25) is 0 Å². The second kappa shape index (κ2) is 4.65. The molecule has 2 heterocycles. The first-order valence-corrected chi connectivity index (χ1v) is 5.65. The third-order valence-corrected chi connectivity index (χ3v) is 2.85. The fourth-order valence-corrected chi connectivity index (χ4v) is 1.95. The number of aromatic nitrogens is 2. The molecule has 0 radical (unpaired) electrons. The maximum Gasteiger partial charge on any atom is 0.309 e. The molecular formula is C11H17N3O2. The fraction of sp³-hybridized carbons (Fsp3) is 0.636. The minimum absolute atomic E-state index is 0.175. The van der Waals surface area contributed by atoms with E-state index in [1.807, 2.05) is 17.1 Å². The SMILES string of the molecule is CCCn1cc(CN2CC(C(=O)O)C2)cn1. The van der Waals surface area contributed by atoms with Crippen LogP contribution in [0, 0.1) is 5.92 Å². The second-order valence-electron chi connectivity index (χ2n) is 4.34. The van der Waals surface area contributed by atoms with Gasteiger partial charge in [-0.05, 0) is 6.42 Å². The maximum absolute atomic E-state index is 10.6. The standard InChI is InChI=1S/C11H17N3O2/c1-2-3-14-6-9(4-12-14)5-13-7-10(8-13)11(15)16/h4,6,10H,2-3,5,7-8H2,1H3,(H,15,16). The van der Waals surface area contributed by atoms with E-state index in [0.717, 1.165) is 25.1 Å². The van der Waals surface area contributed by atoms with Gasteiger partial charge in [0.05, 0.1) is 12.1 Å². The molecule has 1 N–H and O–H groups in total. The summed E-state index contributed by atoms with van der Waals surface area (Å²) in [6.07, 6.45) is 4.98. The molecule has 1 aromatic rings. The highest BCUT2D eigenvalue weighted by atomic mass is 16.4. The highest BCUT2D eigenvalue weighted by molar-refractivity contribution is 5.71. The Balaban J connectivity index is 1.80. The first kappa shape index (κ1) is 11.1. The monoisotopic (exact) mass is 223 g/mol. The molecule has 1 aromatic heterocycles. The molecule has 0 bridgehead atoms. The van der Waals surface area contributed by atoms with Crippen LogP contribution in [0.5, 0.6) is 0 Å². The van der Waals surface area contributed by atoms with Gasteiger partial charge in [-0.25, -0.2) is 0 Å². The van der Waals surface area contributed by atoms with E-state index < -0.39 is 5.97 Å². The predicted molar refractivity (Wildman–Crippen MR) is 58.9 cm³/mol. The van der Waals surface area contributed by atoms with Gasteiger partial charge in [0.1, 0.15) is 0 Å². The molecule has 5 heteroatoms. The Morgan fingerprint density at radius 2 is 2.38 bits per heavy atom. The molecule has 0 atom stereocenters. The van der Waals surface area contributed by atoms with Gasteiger partial charge in [-0.3, -0.25) is 14.4 Å². The minimum Gasteiger partial charge on any atom is -0.481 e. The summed E-state index contributed by atoms with van der Waals surface area (Å²) in [5, 5.41) is 13.0. The molecule has 0 spiro atoms. The lowest BCUT2D eigenvalue weighted by Gasteiger charge is -2.36. The largest absolute Gasteiger partial charge is 0.481 e. The van der Waals surface area contributed by atoms with Gasteiger partial charge >= 0.3 is 5.97 Å². The molecule has 0 amide bonds. The predicted octanol–water partition coefficient (Wildman–Crippen LogP) is 0.809. The number of aliphatic carboxylic acids is 1. The van der Waals surface area contributed by atoms with E-state index >= 15 is 0 Å². The van der Waals surface area contributed by atoms with E-state index in [9.17, 15) is 4.79 Å². The van der Waals surface area contributed by atoms with E-state index in [0.29, 0.717) is 13.1 Å². The Hall–Kier alpha value is -1.36. The molecule has 0 aromatic carbocycles. The van der Waals surface area contributed by atoms with Crippen LogP contribution in [0.3, 0.4) is 0 Å². The molecule has 1 aliphatic rings. The van der Waals surface area contributed by atoms with Crippen LogP contribution >= 0.6 is 0 Å². The van der Waals surface area contributed by atoms with Crippen molar-refractivity contribution in [2.45, 2.75) is 26.4 Å². The molecule has 0 aliphatic carbocycles. The lowest BCUT2D eigenvalue weighted by Crippen LogP contribution is -2.49. The summed E-state index contributed by atoms with van der Waals surface area (Å²) in [6.45, 7) is 5.20. The van der Waals surface area contributed by atoms with Crippen LogP contribution < -0.4 is 0 Å². The Labute approximate surface area is 94.7 Å². The highest BCUT2D eigenvalue weighted by Gasteiger charge is 2.32. The lowest BCUT2D eigenvalue weighted by atomic mass is 10.0. The number of aryl methyl sites for hydroxylation is 1. The quantitative estimate of drug-likeness (QED) is 0.802. The first-order chi connectivity index (χ1) is 7.69. The number of rotatable bonds is 5. The first-order valence-electron chi connectivity index (χ1n) is 5.65. The normalized spacial score (nSPS) is 17.3. The van der Waals surface area contributed by atoms with Crippen molar-refractivity contribution in [3.05, 3.63) is 18.0 Å². The number of hydrogen-bond acceptors (Lipinski definition) is 3. The smallest absolute Gasteiger partial charge is 0.309 e. The van der Waals surface area contributed by atoms with Crippen molar-refractivity contribution in [2.24, 2.45) is 5.92 Å². The molecule has 2 rings (SSSR count). The average molecular weight is 223 g/mol. The average Bonchev–Trinajstić information content (AvgIpc) is 2.58. The molecule has 1 fully saturated rings. The van der Waals surface area contributed by atoms with Gasteiger partial charge in [-0.15, -0.1) is 0 Å². The molecule has 5 nitrogen and oxygen atoms in total. The van der Waals surface area contributed by atoms with Crippen LogP contribution in [0.4, 0.5) is 0 Å². The number of hydrogen-bond donors (Lipinski definition) is 1. The van der Waals surface area contributed by atoms with Crippen molar-refractivity contribution >= 4 is 5.97 Å². The summed E-state index contributed by atoms with van der Waals surface area (Å²) >= 11 is 0. The topological polar surface area (TPSA) is 58.4 Å². The highest BCUT2D eigenvalue weighted by Crippen LogP contribution is 2.18. The summed E-state index contributed by atoms with van der Waals surface area (Å²) in [6, 6.07) is 0. The van der Waals surface area contributed by atoms with Gasteiger partial charge in [0.25, 0.3) is 0 Å². The molecule has 88 valence electrons. The van der Waals surface area contributed by atoms with E-state index in [2.05, 4.69) is 16.9 Å². The van der Waals surface area contributed by atoms with Crippen molar-refractivity contribution in [2.75, 3.05) is 13.1 Å². The van der Waals surface area contributed by atoms with Crippen molar-refractivity contribution < 1.29 is 9.90 Å². The lowest BCUT2D eigenvalue weighted by molar-refractivity contribution is -0.147. The number of nitrogens with zero attached hydrogens (tertiary/aromatic N) is 3. The molecule has 16 heavy (non-hydrogen) atoms. The number of likely N-dealkylation sites (tertiary alicyclic amines) is 1. The fourth-order valence-electron chi connectivity index (χ4n) is 1.95. The summed E-state index contributed by atoms with van der Waals surface area (Å²) in [4.78, 5) is 12.8. The summed E-state index contributed by atoms with van der Waals surface area (Å²) < 4.78 is 1.93. The number of carboxylic acids is 1. The Kier molecular flexibility index (Phi) is 3.24. The van der Waals surface area contributed by atoms with Crippen LogP contribution in [0.15, 0.2) is 12.4 Å². The van der Waals surface area contributed by atoms with E-state index in [4.69, 9.17) is 5.11 Å². The number of carbonyl (C=O) groups is 1. The van der Waals surface area contributed by atoms with Gasteiger partial charge < -0.3 is 5.11 Å². The van der Waals surface area contributed by atoms with Crippen molar-refractivity contribution in [3.8, 4) is 0 Å². The Bertz CT molecular complexity index is 369. The summed E-state index contributed by atoms with van der Waals surface area (Å²) in [5.74, 6) is -0.858. The maximum atomic E-state index is 10.6. The molecule has 0 unspecified atom stereocenters. The third-order valence-electron chi connectivity index (χ3n) is 2.85. The zero-order valence-electron chi connectivity index (χ0n) is 9.46. The van der Waals surface area contributed by atoms with Crippen molar-refractivity contribution in [3.63, 3.8) is 0 Å². The van der Waals surface area contributed by atoms with Crippen LogP contribution in [0.1, 0.15) is 18.9 Å². The van der Waals surface area contributed by atoms with E-state index in [1.54, 1.807) is 0 Å². The number of carboxylic acid groups (broad SMARTS) is 1. The zero-order chi connectivity index (χ0) is 11.5. The Morgan fingerprint density at radius 3 is 3.00 bits per heavy atom. The van der Waals surface area contributed by atoms with Crippen molar-refractivity contribution in [1.82, 2.24) is 14.7 Å². The zero-order valence-corrected chi connectivity index (χ0v) is 9.46. The van der Waals surface area contributed by atoms with Gasteiger partial charge in [-0.1, -0.05) is 6.92 Å². The van der Waals surface area contributed by atoms with Crippen LogP contribution in [0.2, 0.25) is 0 Å². The second-order valence-corrected chi connectivity index (χ2v) is 4.34. The van der Waals surface area contributed by atoms with Crippen LogP contribution in [0.25, 0.3) is 0 Å². The molecule has 1 saturated heterocycles. The molecular weight excluding hydrogens is 206 g/mol. The van der Waals surface area contributed by atoms with Gasteiger partial charge in [0, 0.05) is 37.9 Å². The summed E-state index contributed by atoms with van der Waals surface area (Å²) in [5.41, 5.74) is 1.16.